The minimum atomic E-state index is -0.454. The van der Waals surface area contributed by atoms with Gasteiger partial charge in [0.15, 0.2) is 16.6 Å². The van der Waals surface area contributed by atoms with Crippen LogP contribution in [0.1, 0.15) is 16.7 Å². The summed E-state index contributed by atoms with van der Waals surface area (Å²) in [5, 5.41) is 15.7. The first kappa shape index (κ1) is 24.6. The number of nitrogens with one attached hydrogen (secondary N) is 1. The maximum atomic E-state index is 12.4. The average molecular weight is 502 g/mol. The highest BCUT2D eigenvalue weighted by Crippen LogP contribution is 2.30. The Labute approximate surface area is 212 Å². The van der Waals surface area contributed by atoms with Crippen molar-refractivity contribution in [3.63, 3.8) is 0 Å². The zero-order chi connectivity index (χ0) is 25.5. The fourth-order valence-electron chi connectivity index (χ4n) is 3.37. The second-order valence-corrected chi connectivity index (χ2v) is 8.65. The van der Waals surface area contributed by atoms with Crippen LogP contribution in [-0.2, 0) is 11.4 Å². The first-order valence-corrected chi connectivity index (χ1v) is 11.9. The van der Waals surface area contributed by atoms with E-state index in [1.165, 1.54) is 29.5 Å². The number of non-ortho nitro benzene ring substituents is 1. The zero-order valence-corrected chi connectivity index (χ0v) is 20.5. The number of rotatable bonds is 9. The molecule has 0 fully saturated rings. The van der Waals surface area contributed by atoms with E-state index < -0.39 is 4.92 Å². The number of nitro benzene ring substituents is 1. The van der Waals surface area contributed by atoms with Crippen molar-refractivity contribution in [1.82, 2.24) is 4.98 Å². The number of methoxy groups -OCH3 is 1. The topological polar surface area (TPSA) is 104 Å². The highest BCUT2D eigenvalue weighted by atomic mass is 32.1. The Hall–Kier alpha value is -4.50. The van der Waals surface area contributed by atoms with Gasteiger partial charge in [0, 0.05) is 29.2 Å². The lowest BCUT2D eigenvalue weighted by Gasteiger charge is -2.12. The number of nitrogens with zero attached hydrogens (tertiary/aromatic N) is 2. The summed E-state index contributed by atoms with van der Waals surface area (Å²) in [5.74, 6) is 0.848. The number of amides is 1. The lowest BCUT2D eigenvalue weighted by Crippen LogP contribution is -2.07. The molecular weight excluding hydrogens is 478 g/mol. The number of benzene rings is 3. The maximum Gasteiger partial charge on any atom is 0.269 e. The number of nitro groups is 1. The number of carbonyl (C=O) groups excluding carboxylic acids is 1. The molecule has 0 unspecified atom stereocenters. The molecule has 3 aromatic carbocycles. The molecule has 0 atom stereocenters. The molecule has 8 nitrogen and oxygen atoms in total. The molecule has 0 radical (unpaired) electrons. The summed E-state index contributed by atoms with van der Waals surface area (Å²) in [4.78, 5) is 27.1. The fourth-order valence-corrected chi connectivity index (χ4v) is 4.09. The molecule has 1 heterocycles. The summed E-state index contributed by atoms with van der Waals surface area (Å²) in [5.41, 5.74) is 4.39. The number of carbonyl (C=O) groups is 1. The molecule has 0 saturated heterocycles. The van der Waals surface area contributed by atoms with E-state index in [1.807, 2.05) is 43.3 Å². The largest absolute Gasteiger partial charge is 0.493 e. The Morgan fingerprint density at radius 2 is 1.89 bits per heavy atom. The predicted molar refractivity (Wildman–Crippen MR) is 140 cm³/mol. The summed E-state index contributed by atoms with van der Waals surface area (Å²) in [6.07, 6.45) is 3.09. The summed E-state index contributed by atoms with van der Waals surface area (Å²) < 4.78 is 11.4. The lowest BCUT2D eigenvalue weighted by molar-refractivity contribution is -0.384. The predicted octanol–water partition coefficient (Wildman–Crippen LogP) is 6.27. The number of aromatic nitrogens is 1. The second-order valence-electron chi connectivity index (χ2n) is 7.79. The van der Waals surface area contributed by atoms with Crippen molar-refractivity contribution >= 4 is 34.1 Å². The van der Waals surface area contributed by atoms with Crippen LogP contribution in [0.4, 0.5) is 10.8 Å². The molecule has 1 amide bonds. The van der Waals surface area contributed by atoms with Gasteiger partial charge < -0.3 is 9.47 Å². The van der Waals surface area contributed by atoms with Gasteiger partial charge in [0.2, 0.25) is 5.91 Å². The van der Waals surface area contributed by atoms with Crippen molar-refractivity contribution in [2.75, 3.05) is 12.4 Å². The van der Waals surface area contributed by atoms with Gasteiger partial charge >= 0.3 is 0 Å². The second kappa shape index (κ2) is 11.3. The van der Waals surface area contributed by atoms with Crippen molar-refractivity contribution in [1.29, 1.82) is 0 Å². The zero-order valence-electron chi connectivity index (χ0n) is 19.6. The normalized spacial score (nSPS) is 10.8. The summed E-state index contributed by atoms with van der Waals surface area (Å²) in [6.45, 7) is 2.47. The Bertz CT molecular complexity index is 1410. The van der Waals surface area contributed by atoms with Gasteiger partial charge in [-0.15, -0.1) is 11.3 Å². The molecule has 0 aliphatic carbocycles. The number of thiazole rings is 1. The van der Waals surface area contributed by atoms with Gasteiger partial charge in [-0.3, -0.25) is 20.2 Å². The third-order valence-corrected chi connectivity index (χ3v) is 6.13. The average Bonchev–Trinajstić information content (AvgIpc) is 3.35. The molecule has 0 saturated carbocycles. The van der Waals surface area contributed by atoms with Gasteiger partial charge in [-0.2, -0.15) is 0 Å². The van der Waals surface area contributed by atoms with Gasteiger partial charge in [-0.25, -0.2) is 4.98 Å². The van der Waals surface area contributed by atoms with Crippen LogP contribution in [0.25, 0.3) is 17.3 Å². The van der Waals surface area contributed by atoms with Crippen LogP contribution in [0.2, 0.25) is 0 Å². The standard InChI is InChI=1S/C27H23N3O5S/c1-18-5-3-4-6-21(18)16-35-24-13-7-19(15-25(24)34-2)8-14-26(31)29-27-28-23(17-36-27)20-9-11-22(12-10-20)30(32)33/h3-15,17H,16H2,1-2H3,(H,28,29,31)/b14-8+. The lowest BCUT2D eigenvalue weighted by atomic mass is 10.1. The number of ether oxygens (including phenoxy) is 2. The van der Waals surface area contributed by atoms with Crippen molar-refractivity contribution in [2.24, 2.45) is 0 Å². The minimum Gasteiger partial charge on any atom is -0.493 e. The van der Waals surface area contributed by atoms with E-state index in [1.54, 1.807) is 36.8 Å². The van der Waals surface area contributed by atoms with Crippen molar-refractivity contribution in [3.05, 3.63) is 105 Å². The van der Waals surface area contributed by atoms with Gasteiger partial charge in [-0.05, 0) is 54.0 Å². The fraction of sp³-hybridized carbons (Fsp3) is 0.111. The monoisotopic (exact) mass is 501 g/mol. The molecule has 182 valence electrons. The third kappa shape index (κ3) is 6.13. The van der Waals surface area contributed by atoms with E-state index in [0.29, 0.717) is 28.9 Å². The molecule has 0 aliphatic heterocycles. The molecule has 0 spiro atoms. The van der Waals surface area contributed by atoms with Crippen molar-refractivity contribution in [3.8, 4) is 22.8 Å². The maximum absolute atomic E-state index is 12.4. The molecule has 9 heteroatoms. The van der Waals surface area contributed by atoms with Gasteiger partial charge in [-0.1, -0.05) is 30.3 Å². The number of hydrogen-bond acceptors (Lipinski definition) is 7. The van der Waals surface area contributed by atoms with Crippen molar-refractivity contribution in [2.45, 2.75) is 13.5 Å². The Balaban J connectivity index is 1.37. The van der Waals surface area contributed by atoms with Gasteiger partial charge in [0.1, 0.15) is 6.61 Å². The molecule has 0 bridgehead atoms. The van der Waals surface area contributed by atoms with Gasteiger partial charge in [0.05, 0.1) is 17.7 Å². The first-order valence-electron chi connectivity index (χ1n) is 11.0. The molecular formula is C27H23N3O5S. The van der Waals surface area contributed by atoms with E-state index in [4.69, 9.17) is 9.47 Å². The van der Waals surface area contributed by atoms with Crippen LogP contribution >= 0.6 is 11.3 Å². The molecule has 4 aromatic rings. The van der Waals surface area contributed by atoms with E-state index in [9.17, 15) is 14.9 Å². The number of aryl methyl sites for hydroxylation is 1. The van der Waals surface area contributed by atoms with Crippen LogP contribution in [0.3, 0.4) is 0 Å². The Morgan fingerprint density at radius 1 is 1.11 bits per heavy atom. The Kier molecular flexibility index (Phi) is 7.72. The van der Waals surface area contributed by atoms with E-state index >= 15 is 0 Å². The third-order valence-electron chi connectivity index (χ3n) is 5.37. The molecule has 1 N–H and O–H groups in total. The highest BCUT2D eigenvalue weighted by molar-refractivity contribution is 7.14. The summed E-state index contributed by atoms with van der Waals surface area (Å²) >= 11 is 1.27. The van der Waals surface area contributed by atoms with Crippen molar-refractivity contribution < 1.29 is 19.2 Å². The molecule has 4 rings (SSSR count). The van der Waals surface area contributed by atoms with Crippen LogP contribution in [0.15, 0.2) is 78.2 Å². The number of hydrogen-bond donors (Lipinski definition) is 1. The molecule has 1 aromatic heterocycles. The quantitative estimate of drug-likeness (QED) is 0.165. The smallest absolute Gasteiger partial charge is 0.269 e. The highest BCUT2D eigenvalue weighted by Gasteiger charge is 2.10. The minimum absolute atomic E-state index is 0.00941. The van der Waals surface area contributed by atoms with Crippen LogP contribution in [-0.4, -0.2) is 22.9 Å². The van der Waals surface area contributed by atoms with Gasteiger partial charge in [0.25, 0.3) is 5.69 Å². The van der Waals surface area contributed by atoms with E-state index in [2.05, 4.69) is 10.3 Å². The Morgan fingerprint density at radius 3 is 2.61 bits per heavy atom. The first-order chi connectivity index (χ1) is 17.4. The van der Waals surface area contributed by atoms with Crippen LogP contribution < -0.4 is 14.8 Å². The number of anilines is 1. The van der Waals surface area contributed by atoms with Crippen LogP contribution in [0, 0.1) is 17.0 Å². The molecule has 36 heavy (non-hydrogen) atoms. The summed E-state index contributed by atoms with van der Waals surface area (Å²) in [7, 11) is 1.57. The van der Waals surface area contributed by atoms with Crippen LogP contribution in [0.5, 0.6) is 11.5 Å². The summed E-state index contributed by atoms with van der Waals surface area (Å²) in [6, 6.07) is 19.6. The van der Waals surface area contributed by atoms with E-state index in [-0.39, 0.29) is 11.6 Å². The SMILES string of the molecule is COc1cc(/C=C/C(=O)Nc2nc(-c3ccc([N+](=O)[O-])cc3)cs2)ccc1OCc1ccccc1C. The van der Waals surface area contributed by atoms with E-state index in [0.717, 1.165) is 22.3 Å². The molecule has 0 aliphatic rings.